The summed E-state index contributed by atoms with van der Waals surface area (Å²) in [7, 11) is -3.58. The van der Waals surface area contributed by atoms with Gasteiger partial charge in [0, 0.05) is 37.9 Å². The number of nitrogens with one attached hydrogen (secondary N) is 2. The molecule has 0 aliphatic heterocycles. The Morgan fingerprint density at radius 3 is 2.61 bits per heavy atom. The zero-order valence-corrected chi connectivity index (χ0v) is 19.9. The molecule has 0 spiro atoms. The van der Waals surface area contributed by atoms with Gasteiger partial charge in [0.15, 0.2) is 5.16 Å². The van der Waals surface area contributed by atoms with E-state index in [0.29, 0.717) is 12.5 Å². The minimum Gasteiger partial charge on any atom is -0.356 e. The molecule has 0 aliphatic rings. The molecule has 0 bridgehead atoms. The summed E-state index contributed by atoms with van der Waals surface area (Å²) in [6.45, 7) is 5.72. The normalized spacial score (nSPS) is 12.0. The second-order valence-corrected chi connectivity index (χ2v) is 9.89. The van der Waals surface area contributed by atoms with Crippen LogP contribution < -0.4 is 10.0 Å². The van der Waals surface area contributed by atoms with Crippen LogP contribution in [0.1, 0.15) is 38.1 Å². The molecule has 31 heavy (non-hydrogen) atoms. The highest BCUT2D eigenvalue weighted by molar-refractivity contribution is 7.98. The van der Waals surface area contributed by atoms with Crippen LogP contribution in [0.15, 0.2) is 40.9 Å². The Bertz CT molecular complexity index is 957. The zero-order chi connectivity index (χ0) is 22.7. The number of rotatable bonds is 13. The van der Waals surface area contributed by atoms with Gasteiger partial charge < -0.3 is 9.88 Å². The molecule has 1 aromatic carbocycles. The largest absolute Gasteiger partial charge is 0.356 e. The number of benzene rings is 1. The van der Waals surface area contributed by atoms with Gasteiger partial charge in [-0.15, -0.1) is 10.2 Å². The van der Waals surface area contributed by atoms with Crippen LogP contribution in [0.3, 0.4) is 0 Å². The summed E-state index contributed by atoms with van der Waals surface area (Å²) >= 11 is 1.57. The third-order valence-corrected chi connectivity index (χ3v) is 6.09. The van der Waals surface area contributed by atoms with E-state index in [-0.39, 0.29) is 18.9 Å². The van der Waals surface area contributed by atoms with E-state index >= 15 is 0 Å². The number of hydrogen-bond donors (Lipinski definition) is 2. The molecule has 170 valence electrons. The van der Waals surface area contributed by atoms with Crippen molar-refractivity contribution in [1.82, 2.24) is 24.8 Å². The molecule has 0 unspecified atom stereocenters. The molecule has 0 saturated carbocycles. The molecule has 1 amide bonds. The van der Waals surface area contributed by atoms with Gasteiger partial charge in [0.25, 0.3) is 0 Å². The van der Waals surface area contributed by atoms with E-state index in [4.69, 9.17) is 0 Å². The maximum atomic E-state index is 12.0. The van der Waals surface area contributed by atoms with Crippen LogP contribution in [0.25, 0.3) is 6.08 Å². The lowest BCUT2D eigenvalue weighted by molar-refractivity contribution is -0.120. The van der Waals surface area contributed by atoms with Crippen LogP contribution in [-0.4, -0.2) is 48.4 Å². The second-order valence-electron chi connectivity index (χ2n) is 7.46. The lowest BCUT2D eigenvalue weighted by Crippen LogP contribution is -2.30. The van der Waals surface area contributed by atoms with Crippen LogP contribution in [0.2, 0.25) is 0 Å². The molecule has 2 aromatic rings. The topological polar surface area (TPSA) is 106 Å². The van der Waals surface area contributed by atoms with E-state index < -0.39 is 10.0 Å². The van der Waals surface area contributed by atoms with E-state index in [1.54, 1.807) is 11.8 Å². The van der Waals surface area contributed by atoms with Gasteiger partial charge in [-0.1, -0.05) is 55.9 Å². The SMILES string of the molecule is CSc1nnc(CCCNC(=O)CCNS(=O)(=O)C=Cc2ccccc2)n1CC(C)C. The Hall–Kier alpha value is -2.17. The molecule has 8 nitrogen and oxygen atoms in total. The van der Waals surface area contributed by atoms with E-state index in [1.165, 1.54) is 6.08 Å². The first kappa shape index (κ1) is 25.1. The van der Waals surface area contributed by atoms with Crippen molar-refractivity contribution in [3.8, 4) is 0 Å². The van der Waals surface area contributed by atoms with Gasteiger partial charge in [0.1, 0.15) is 5.82 Å². The number of amides is 1. The van der Waals surface area contributed by atoms with Crippen molar-refractivity contribution in [3.63, 3.8) is 0 Å². The first-order valence-electron chi connectivity index (χ1n) is 10.3. The second kappa shape index (κ2) is 12.6. The van der Waals surface area contributed by atoms with Crippen molar-refractivity contribution in [2.24, 2.45) is 5.92 Å². The lowest BCUT2D eigenvalue weighted by Gasteiger charge is -2.11. The maximum absolute atomic E-state index is 12.0. The molecule has 0 atom stereocenters. The molecule has 1 heterocycles. The van der Waals surface area contributed by atoms with Crippen molar-refractivity contribution >= 4 is 33.8 Å². The molecule has 1 aromatic heterocycles. The summed E-state index contributed by atoms with van der Waals surface area (Å²) in [4.78, 5) is 12.0. The predicted molar refractivity (Wildman–Crippen MR) is 125 cm³/mol. The maximum Gasteiger partial charge on any atom is 0.233 e. The highest BCUT2D eigenvalue weighted by Gasteiger charge is 2.12. The highest BCUT2D eigenvalue weighted by Crippen LogP contribution is 2.16. The summed E-state index contributed by atoms with van der Waals surface area (Å²) in [5.74, 6) is 1.22. The first-order valence-corrected chi connectivity index (χ1v) is 13.0. The molecular weight excluding hydrogens is 434 g/mol. The molecule has 2 rings (SSSR count). The van der Waals surface area contributed by atoms with Gasteiger partial charge in [0.2, 0.25) is 15.9 Å². The minimum atomic E-state index is -3.58. The van der Waals surface area contributed by atoms with Crippen molar-refractivity contribution in [2.75, 3.05) is 19.3 Å². The molecule has 0 fully saturated rings. The number of hydrogen-bond acceptors (Lipinski definition) is 6. The summed E-state index contributed by atoms with van der Waals surface area (Å²) in [6, 6.07) is 9.15. The van der Waals surface area contributed by atoms with Gasteiger partial charge in [0.05, 0.1) is 0 Å². The summed E-state index contributed by atoms with van der Waals surface area (Å²) < 4.78 is 28.5. The average Bonchev–Trinajstić information content (AvgIpc) is 3.11. The number of nitrogens with zero attached hydrogens (tertiary/aromatic N) is 3. The Balaban J connectivity index is 1.68. The van der Waals surface area contributed by atoms with Crippen LogP contribution in [-0.2, 0) is 27.8 Å². The molecule has 0 saturated heterocycles. The van der Waals surface area contributed by atoms with E-state index in [2.05, 4.69) is 38.7 Å². The first-order chi connectivity index (χ1) is 14.8. The number of thioether (sulfide) groups is 1. The van der Waals surface area contributed by atoms with E-state index in [1.807, 2.05) is 36.6 Å². The molecule has 0 radical (unpaired) electrons. The molecule has 2 N–H and O–H groups in total. The summed E-state index contributed by atoms with van der Waals surface area (Å²) in [6.07, 6.45) is 5.04. The third kappa shape index (κ3) is 9.24. The number of carbonyl (C=O) groups excluding carboxylic acids is 1. The lowest BCUT2D eigenvalue weighted by atomic mass is 10.2. The number of carbonyl (C=O) groups is 1. The fourth-order valence-corrected chi connectivity index (χ4v) is 4.20. The van der Waals surface area contributed by atoms with Crippen LogP contribution in [0.5, 0.6) is 0 Å². The Labute approximate surface area is 189 Å². The summed E-state index contributed by atoms with van der Waals surface area (Å²) in [5.41, 5.74) is 0.791. The van der Waals surface area contributed by atoms with Crippen LogP contribution in [0, 0.1) is 5.92 Å². The van der Waals surface area contributed by atoms with Gasteiger partial charge in [-0.25, -0.2) is 13.1 Å². The molecule has 10 heteroatoms. The molecule has 0 aliphatic carbocycles. The minimum absolute atomic E-state index is 0.0487. The van der Waals surface area contributed by atoms with E-state index in [0.717, 1.165) is 41.3 Å². The number of aromatic nitrogens is 3. The standard InChI is InChI=1S/C21H31N5O3S2/c1-17(2)16-26-19(24-25-21(26)30-3)10-7-13-22-20(27)11-14-23-31(28,29)15-12-18-8-5-4-6-9-18/h4-6,8-9,12,15,17,23H,7,10-11,13-14,16H2,1-3H3,(H,22,27). The smallest absolute Gasteiger partial charge is 0.233 e. The Morgan fingerprint density at radius 2 is 1.94 bits per heavy atom. The fourth-order valence-electron chi connectivity index (χ4n) is 2.85. The number of sulfonamides is 1. The van der Waals surface area contributed by atoms with Crippen LogP contribution >= 0.6 is 11.8 Å². The van der Waals surface area contributed by atoms with Crippen molar-refractivity contribution in [3.05, 3.63) is 47.1 Å². The Kier molecular flexibility index (Phi) is 10.2. The summed E-state index contributed by atoms with van der Waals surface area (Å²) in [5, 5.41) is 13.3. The van der Waals surface area contributed by atoms with Crippen molar-refractivity contribution in [2.45, 2.75) is 44.8 Å². The van der Waals surface area contributed by atoms with Gasteiger partial charge in [-0.05, 0) is 30.2 Å². The average molecular weight is 466 g/mol. The predicted octanol–water partition coefficient (Wildman–Crippen LogP) is 2.69. The monoisotopic (exact) mass is 465 g/mol. The van der Waals surface area contributed by atoms with Crippen molar-refractivity contribution < 1.29 is 13.2 Å². The van der Waals surface area contributed by atoms with E-state index in [9.17, 15) is 13.2 Å². The van der Waals surface area contributed by atoms with Crippen LogP contribution in [0.4, 0.5) is 0 Å². The van der Waals surface area contributed by atoms with Gasteiger partial charge in [-0.3, -0.25) is 4.79 Å². The third-order valence-electron chi connectivity index (χ3n) is 4.32. The van der Waals surface area contributed by atoms with Gasteiger partial charge in [-0.2, -0.15) is 0 Å². The number of aryl methyl sites for hydroxylation is 1. The quantitative estimate of drug-likeness (QED) is 0.348. The fraction of sp³-hybridized carbons (Fsp3) is 0.476. The van der Waals surface area contributed by atoms with Gasteiger partial charge >= 0.3 is 0 Å². The molecular formula is C21H31N5O3S2. The Morgan fingerprint density at radius 1 is 1.19 bits per heavy atom. The highest BCUT2D eigenvalue weighted by atomic mass is 32.2. The van der Waals surface area contributed by atoms with Crippen molar-refractivity contribution in [1.29, 1.82) is 0 Å². The zero-order valence-electron chi connectivity index (χ0n) is 18.2.